The number of nitrogens with one attached hydrogen (secondary N) is 1. The van der Waals surface area contributed by atoms with Crippen LogP contribution in [0.25, 0.3) is 0 Å². The molecule has 1 heterocycles. The fourth-order valence-corrected chi connectivity index (χ4v) is 2.82. The van der Waals surface area contributed by atoms with Crippen molar-refractivity contribution in [2.75, 3.05) is 13.7 Å². The van der Waals surface area contributed by atoms with Crippen LogP contribution in [0.4, 0.5) is 9.18 Å². The maximum atomic E-state index is 13.6. The first-order valence-electron chi connectivity index (χ1n) is 7.95. The first-order valence-corrected chi connectivity index (χ1v) is 7.95. The molecule has 0 aromatic heterocycles. The molecule has 2 N–H and O–H groups in total. The number of carbonyl (C=O) groups is 3. The molecule has 0 spiro atoms. The van der Waals surface area contributed by atoms with Crippen molar-refractivity contribution < 1.29 is 28.6 Å². The maximum Gasteiger partial charge on any atom is 0.407 e. The Morgan fingerprint density at radius 2 is 1.96 bits per heavy atom. The normalized spacial score (nSPS) is 21.3. The van der Waals surface area contributed by atoms with Crippen molar-refractivity contribution in [2.45, 2.75) is 38.0 Å². The molecular weight excluding hydrogens is 331 g/mol. The molecule has 8 heteroatoms. The number of carboxylic acid groups (broad SMARTS) is 1. The van der Waals surface area contributed by atoms with Crippen molar-refractivity contribution in [1.29, 1.82) is 0 Å². The molecule has 0 saturated carbocycles. The summed E-state index contributed by atoms with van der Waals surface area (Å²) in [5.41, 5.74) is 1.12. The number of hydrogen-bond donors (Lipinski definition) is 2. The van der Waals surface area contributed by atoms with E-state index in [-0.39, 0.29) is 19.4 Å². The number of halogens is 1. The van der Waals surface area contributed by atoms with Gasteiger partial charge in [0.1, 0.15) is 12.2 Å². The Balaban J connectivity index is 2.05. The number of hydrogen-bond acceptors (Lipinski definition) is 4. The minimum absolute atomic E-state index is 0.00318. The average Bonchev–Trinajstić information content (AvgIpc) is 2.60. The molecule has 0 radical (unpaired) electrons. The Hall–Kier alpha value is -2.64. The lowest BCUT2D eigenvalue weighted by Gasteiger charge is -2.34. The van der Waals surface area contributed by atoms with E-state index in [2.05, 4.69) is 10.1 Å². The van der Waals surface area contributed by atoms with E-state index in [0.717, 1.165) is 10.5 Å². The van der Waals surface area contributed by atoms with Crippen molar-refractivity contribution in [2.24, 2.45) is 0 Å². The summed E-state index contributed by atoms with van der Waals surface area (Å²) in [4.78, 5) is 36.0. The van der Waals surface area contributed by atoms with Gasteiger partial charge in [0.05, 0.1) is 18.7 Å². The number of piperidine rings is 1. The number of ether oxygens (including phenoxy) is 1. The highest BCUT2D eigenvalue weighted by Gasteiger charge is 2.36. The van der Waals surface area contributed by atoms with Crippen LogP contribution in [0.15, 0.2) is 24.3 Å². The van der Waals surface area contributed by atoms with E-state index in [1.54, 1.807) is 31.2 Å². The Kier molecular flexibility index (Phi) is 5.95. The second kappa shape index (κ2) is 7.96. The van der Waals surface area contributed by atoms with E-state index in [0.29, 0.717) is 5.56 Å². The molecule has 1 aromatic carbocycles. The van der Waals surface area contributed by atoms with E-state index in [1.807, 2.05) is 0 Å². The van der Waals surface area contributed by atoms with Gasteiger partial charge in [-0.15, -0.1) is 0 Å². The lowest BCUT2D eigenvalue weighted by atomic mass is 9.99. The van der Waals surface area contributed by atoms with Crippen molar-refractivity contribution in [1.82, 2.24) is 10.2 Å². The maximum absolute atomic E-state index is 13.6. The monoisotopic (exact) mass is 352 g/mol. The van der Waals surface area contributed by atoms with Gasteiger partial charge in [-0.1, -0.05) is 12.1 Å². The third-order valence-corrected chi connectivity index (χ3v) is 4.28. The molecule has 1 saturated heterocycles. The zero-order valence-electron chi connectivity index (χ0n) is 14.1. The molecule has 1 aromatic rings. The van der Waals surface area contributed by atoms with Crippen LogP contribution < -0.4 is 5.32 Å². The topological polar surface area (TPSA) is 95.9 Å². The van der Waals surface area contributed by atoms with Crippen LogP contribution in [0.1, 0.15) is 41.7 Å². The van der Waals surface area contributed by atoms with Crippen LogP contribution in [-0.4, -0.2) is 53.8 Å². The van der Waals surface area contributed by atoms with Gasteiger partial charge in [0.15, 0.2) is 0 Å². The smallest absolute Gasteiger partial charge is 0.407 e. The average molecular weight is 352 g/mol. The first-order chi connectivity index (χ1) is 11.8. The van der Waals surface area contributed by atoms with E-state index >= 15 is 0 Å². The molecule has 1 aliphatic heterocycles. The van der Waals surface area contributed by atoms with Crippen molar-refractivity contribution in [3.8, 4) is 0 Å². The lowest BCUT2D eigenvalue weighted by Crippen LogP contribution is -2.54. The van der Waals surface area contributed by atoms with Crippen molar-refractivity contribution >= 4 is 18.0 Å². The van der Waals surface area contributed by atoms with Crippen molar-refractivity contribution in [3.63, 3.8) is 0 Å². The Labute approximate surface area is 144 Å². The lowest BCUT2D eigenvalue weighted by molar-refractivity contribution is -0.128. The van der Waals surface area contributed by atoms with Gasteiger partial charge in [-0.2, -0.15) is 0 Å². The number of carbonyl (C=O) groups excluding carboxylic acids is 2. The standard InChI is InChI=1S/C17H21FN2O5/c1-10(11-3-5-12(6-4-11)16(22)25-2)19-15(21)14-9-13(18)7-8-20(14)17(23)24/h3-6,10,13-14H,7-9H2,1-2H3,(H,19,21)(H,23,24)/t10-,13?,14?/m0/s1. The van der Waals surface area contributed by atoms with E-state index in [4.69, 9.17) is 0 Å². The van der Waals surface area contributed by atoms with E-state index < -0.39 is 36.2 Å². The van der Waals surface area contributed by atoms with Crippen LogP contribution in [0.2, 0.25) is 0 Å². The SMILES string of the molecule is COC(=O)c1ccc([C@H](C)NC(=O)C2CC(F)CCN2C(=O)O)cc1. The van der Waals surface area contributed by atoms with Gasteiger partial charge >= 0.3 is 12.1 Å². The second-order valence-corrected chi connectivity index (χ2v) is 5.96. The molecule has 25 heavy (non-hydrogen) atoms. The number of rotatable bonds is 4. The summed E-state index contributed by atoms with van der Waals surface area (Å²) >= 11 is 0. The van der Waals surface area contributed by atoms with Crippen LogP contribution in [0.5, 0.6) is 0 Å². The molecule has 2 rings (SSSR count). The van der Waals surface area contributed by atoms with Crippen LogP contribution in [0, 0.1) is 0 Å². The second-order valence-electron chi connectivity index (χ2n) is 5.96. The molecule has 7 nitrogen and oxygen atoms in total. The summed E-state index contributed by atoms with van der Waals surface area (Å²) in [6.45, 7) is 1.72. The van der Waals surface area contributed by atoms with Crippen molar-refractivity contribution in [3.05, 3.63) is 35.4 Å². The number of alkyl halides is 1. The summed E-state index contributed by atoms with van der Waals surface area (Å²) in [6, 6.07) is 5.03. The number of amides is 2. The summed E-state index contributed by atoms with van der Waals surface area (Å²) in [7, 11) is 1.29. The van der Waals surface area contributed by atoms with Gasteiger partial charge in [-0.3, -0.25) is 9.69 Å². The minimum Gasteiger partial charge on any atom is -0.465 e. The van der Waals surface area contributed by atoms with Gasteiger partial charge in [0.25, 0.3) is 0 Å². The first kappa shape index (κ1) is 18.7. The number of nitrogens with zero attached hydrogens (tertiary/aromatic N) is 1. The van der Waals surface area contributed by atoms with Gasteiger partial charge in [0, 0.05) is 13.0 Å². The molecule has 2 amide bonds. The van der Waals surface area contributed by atoms with Crippen LogP contribution in [0.3, 0.4) is 0 Å². The summed E-state index contributed by atoms with van der Waals surface area (Å²) in [5, 5.41) is 11.9. The van der Waals surface area contributed by atoms with Crippen LogP contribution >= 0.6 is 0 Å². The van der Waals surface area contributed by atoms with Gasteiger partial charge in [0.2, 0.25) is 5.91 Å². The highest BCUT2D eigenvalue weighted by atomic mass is 19.1. The van der Waals surface area contributed by atoms with Gasteiger partial charge < -0.3 is 15.2 Å². The zero-order valence-corrected chi connectivity index (χ0v) is 14.1. The number of methoxy groups -OCH3 is 1. The molecule has 1 fully saturated rings. The van der Waals surface area contributed by atoms with Gasteiger partial charge in [-0.05, 0) is 31.0 Å². The molecule has 0 bridgehead atoms. The molecule has 1 aliphatic rings. The fourth-order valence-electron chi connectivity index (χ4n) is 2.82. The summed E-state index contributed by atoms with van der Waals surface area (Å²) in [5.74, 6) is -0.995. The minimum atomic E-state index is -1.23. The number of likely N-dealkylation sites (tertiary alicyclic amines) is 1. The third-order valence-electron chi connectivity index (χ3n) is 4.28. The zero-order chi connectivity index (χ0) is 18.6. The molecule has 0 aliphatic carbocycles. The quantitative estimate of drug-likeness (QED) is 0.810. The predicted molar refractivity (Wildman–Crippen MR) is 87.0 cm³/mol. The van der Waals surface area contributed by atoms with Crippen LogP contribution in [-0.2, 0) is 9.53 Å². The Bertz CT molecular complexity index is 649. The molecular formula is C17H21FN2O5. The fraction of sp³-hybridized carbons (Fsp3) is 0.471. The highest BCUT2D eigenvalue weighted by Crippen LogP contribution is 2.22. The molecule has 3 atom stereocenters. The van der Waals surface area contributed by atoms with E-state index in [9.17, 15) is 23.9 Å². The number of esters is 1. The number of benzene rings is 1. The molecule has 2 unspecified atom stereocenters. The summed E-state index contributed by atoms with van der Waals surface area (Å²) in [6.07, 6.45) is -2.48. The third kappa shape index (κ3) is 4.46. The Morgan fingerprint density at radius 1 is 1.32 bits per heavy atom. The molecule has 136 valence electrons. The van der Waals surface area contributed by atoms with E-state index in [1.165, 1.54) is 7.11 Å². The largest absolute Gasteiger partial charge is 0.465 e. The predicted octanol–water partition coefficient (Wildman–Crippen LogP) is 2.13. The summed E-state index contributed by atoms with van der Waals surface area (Å²) < 4.78 is 18.2. The van der Waals surface area contributed by atoms with Gasteiger partial charge in [-0.25, -0.2) is 14.0 Å². The Morgan fingerprint density at radius 3 is 2.52 bits per heavy atom. The highest BCUT2D eigenvalue weighted by molar-refractivity contribution is 5.89.